The smallest absolute Gasteiger partial charge is 0.152 e. The second-order valence-corrected chi connectivity index (χ2v) is 5.89. The number of ether oxygens (including phenoxy) is 1. The summed E-state index contributed by atoms with van der Waals surface area (Å²) in [6, 6.07) is 7.96. The van der Waals surface area contributed by atoms with E-state index < -0.39 is 11.2 Å². The summed E-state index contributed by atoms with van der Waals surface area (Å²) in [6.07, 6.45) is 0. The molecule has 0 radical (unpaired) electrons. The van der Waals surface area contributed by atoms with E-state index in [1.807, 2.05) is 31.2 Å². The highest BCUT2D eigenvalue weighted by Gasteiger charge is 2.15. The van der Waals surface area contributed by atoms with Gasteiger partial charge in [0.05, 0.1) is 13.2 Å². The van der Waals surface area contributed by atoms with Crippen molar-refractivity contribution in [2.75, 3.05) is 38.6 Å². The molecule has 0 aliphatic carbocycles. The lowest BCUT2D eigenvalue weighted by molar-refractivity contribution is 0.0408. The third-order valence-electron chi connectivity index (χ3n) is 2.98. The van der Waals surface area contributed by atoms with Crippen LogP contribution in [0.3, 0.4) is 0 Å². The highest BCUT2D eigenvalue weighted by atomic mass is 32.2. The molecule has 1 fully saturated rings. The molecule has 1 aromatic carbocycles. The van der Waals surface area contributed by atoms with Crippen LogP contribution in [0.2, 0.25) is 0 Å². The topological polar surface area (TPSA) is 35.5 Å². The van der Waals surface area contributed by atoms with Crippen LogP contribution >= 0.6 is 0 Å². The summed E-state index contributed by atoms with van der Waals surface area (Å²) in [6.45, 7) is 6.47. The zero-order chi connectivity index (χ0) is 12.1. The minimum absolute atomic E-state index is 0.711. The molecule has 94 valence electrons. The van der Waals surface area contributed by atoms with Gasteiger partial charge >= 0.3 is 0 Å². The van der Waals surface area contributed by atoms with Crippen LogP contribution in [-0.2, 0) is 15.9 Å². The van der Waals surface area contributed by atoms with Crippen molar-refractivity contribution in [3.05, 3.63) is 29.8 Å². The summed E-state index contributed by atoms with van der Waals surface area (Å²) >= 11 is -0.876. The average Bonchev–Trinajstić information content (AvgIpc) is 2.38. The normalized spacial score (nSPS) is 19.2. The van der Waals surface area contributed by atoms with E-state index in [2.05, 4.69) is 4.90 Å². The van der Waals surface area contributed by atoms with Crippen molar-refractivity contribution in [3.8, 4) is 0 Å². The molecular formula is C13H19NO2S. The maximum absolute atomic E-state index is 12.1. The molecule has 1 heterocycles. The molecule has 1 aliphatic heterocycles. The first kappa shape index (κ1) is 12.9. The first-order chi connectivity index (χ1) is 8.25. The Labute approximate surface area is 106 Å². The Balaban J connectivity index is 1.80. The molecule has 3 nitrogen and oxygen atoms in total. The highest BCUT2D eigenvalue weighted by molar-refractivity contribution is 7.91. The van der Waals surface area contributed by atoms with Crippen LogP contribution < -0.4 is 0 Å². The second kappa shape index (κ2) is 6.40. The van der Waals surface area contributed by atoms with Crippen LogP contribution in [0.15, 0.2) is 29.2 Å². The maximum Gasteiger partial charge on any atom is 0.152 e. The highest BCUT2D eigenvalue weighted by Crippen LogP contribution is 2.12. The van der Waals surface area contributed by atoms with Crippen molar-refractivity contribution >= 4 is 11.2 Å². The molecule has 1 saturated heterocycles. The Morgan fingerprint density at radius 2 is 1.88 bits per heavy atom. The van der Waals surface area contributed by atoms with Crippen molar-refractivity contribution in [3.63, 3.8) is 0 Å². The predicted molar refractivity (Wildman–Crippen MR) is 69.7 cm³/mol. The van der Waals surface area contributed by atoms with Gasteiger partial charge in [-0.05, 0) is 30.2 Å². The molecule has 0 spiro atoms. The molecule has 1 aliphatic rings. The summed E-state index contributed by atoms with van der Waals surface area (Å²) in [4.78, 5) is 3.25. The Morgan fingerprint density at radius 3 is 2.53 bits per heavy atom. The van der Waals surface area contributed by atoms with Gasteiger partial charge in [-0.25, -0.2) is 0 Å². The molecule has 2 rings (SSSR count). The Hall–Kier alpha value is -0.550. The van der Waals surface area contributed by atoms with Crippen LogP contribution in [0.4, 0.5) is 0 Å². The van der Waals surface area contributed by atoms with Crippen molar-refractivity contribution in [2.45, 2.75) is 11.8 Å². The Kier molecular flexibility index (Phi) is 4.86. The molecular weight excluding hydrogens is 234 g/mol. The van der Waals surface area contributed by atoms with E-state index in [9.17, 15) is 4.55 Å². The molecule has 1 aromatic rings. The number of morpholine rings is 1. The van der Waals surface area contributed by atoms with Crippen molar-refractivity contribution in [1.29, 1.82) is 0 Å². The molecule has 0 N–H and O–H groups in total. The standard InChI is InChI=1S/C13H19NO2S/c1-12-2-4-13(5-3-12)17(15)11-8-14-6-9-16-10-7-14/h2-5H,6-11H2,1H3. The summed E-state index contributed by atoms with van der Waals surface area (Å²) < 4.78 is 17.3. The molecule has 17 heavy (non-hydrogen) atoms. The lowest BCUT2D eigenvalue weighted by Crippen LogP contribution is -2.39. The van der Waals surface area contributed by atoms with E-state index in [0.29, 0.717) is 5.75 Å². The monoisotopic (exact) mass is 253 g/mol. The van der Waals surface area contributed by atoms with Gasteiger partial charge in [-0.1, -0.05) is 17.7 Å². The molecule has 0 saturated carbocycles. The predicted octanol–water partition coefficient (Wildman–Crippen LogP) is 1.43. The molecule has 0 aromatic heterocycles. The van der Waals surface area contributed by atoms with Crippen molar-refractivity contribution in [2.24, 2.45) is 0 Å². The largest absolute Gasteiger partial charge is 0.611 e. The third-order valence-corrected chi connectivity index (χ3v) is 4.33. The van der Waals surface area contributed by atoms with E-state index in [4.69, 9.17) is 4.74 Å². The molecule has 4 heteroatoms. The van der Waals surface area contributed by atoms with Gasteiger partial charge in [0.15, 0.2) is 4.90 Å². The third kappa shape index (κ3) is 4.00. The van der Waals surface area contributed by atoms with E-state index in [1.165, 1.54) is 5.56 Å². The van der Waals surface area contributed by atoms with E-state index in [1.54, 1.807) is 0 Å². The summed E-state index contributed by atoms with van der Waals surface area (Å²) in [5.74, 6) is 0.711. The molecule has 0 amide bonds. The van der Waals surface area contributed by atoms with Gasteiger partial charge in [-0.2, -0.15) is 0 Å². The maximum atomic E-state index is 12.1. The molecule has 1 unspecified atom stereocenters. The van der Waals surface area contributed by atoms with Crippen LogP contribution in [0, 0.1) is 6.92 Å². The first-order valence-electron chi connectivity index (χ1n) is 6.01. The zero-order valence-electron chi connectivity index (χ0n) is 10.2. The van der Waals surface area contributed by atoms with Crippen LogP contribution in [-0.4, -0.2) is 48.1 Å². The molecule has 1 atom stereocenters. The van der Waals surface area contributed by atoms with Crippen LogP contribution in [0.25, 0.3) is 0 Å². The van der Waals surface area contributed by atoms with Crippen LogP contribution in [0.1, 0.15) is 5.56 Å². The molecule has 0 bridgehead atoms. The fourth-order valence-corrected chi connectivity index (χ4v) is 2.94. The number of nitrogens with zero attached hydrogens (tertiary/aromatic N) is 1. The van der Waals surface area contributed by atoms with E-state index in [-0.39, 0.29) is 0 Å². The van der Waals surface area contributed by atoms with Crippen LogP contribution in [0.5, 0.6) is 0 Å². The summed E-state index contributed by atoms with van der Waals surface area (Å²) in [7, 11) is 0. The minimum atomic E-state index is -0.876. The number of hydrogen-bond donors (Lipinski definition) is 0. The quantitative estimate of drug-likeness (QED) is 0.762. The van der Waals surface area contributed by atoms with Gasteiger partial charge in [-0.3, -0.25) is 4.90 Å². The number of rotatable bonds is 4. The Bertz CT molecular complexity index is 336. The summed E-state index contributed by atoms with van der Waals surface area (Å²) in [5, 5.41) is 0. The van der Waals surface area contributed by atoms with Crippen molar-refractivity contribution in [1.82, 2.24) is 4.90 Å². The Morgan fingerprint density at radius 1 is 1.24 bits per heavy atom. The van der Waals surface area contributed by atoms with Gasteiger partial charge in [0.1, 0.15) is 5.75 Å². The van der Waals surface area contributed by atoms with Gasteiger partial charge in [0.2, 0.25) is 0 Å². The first-order valence-corrected chi connectivity index (χ1v) is 7.33. The van der Waals surface area contributed by atoms with Gasteiger partial charge in [0.25, 0.3) is 0 Å². The van der Waals surface area contributed by atoms with E-state index in [0.717, 1.165) is 37.7 Å². The fraction of sp³-hybridized carbons (Fsp3) is 0.538. The zero-order valence-corrected chi connectivity index (χ0v) is 11.0. The van der Waals surface area contributed by atoms with E-state index >= 15 is 0 Å². The van der Waals surface area contributed by atoms with Gasteiger partial charge in [0, 0.05) is 19.6 Å². The number of benzene rings is 1. The lowest BCUT2D eigenvalue weighted by Gasteiger charge is -2.26. The summed E-state index contributed by atoms with van der Waals surface area (Å²) in [5.41, 5.74) is 1.21. The lowest BCUT2D eigenvalue weighted by atomic mass is 10.2. The average molecular weight is 253 g/mol. The second-order valence-electron chi connectivity index (χ2n) is 4.32. The number of hydrogen-bond acceptors (Lipinski definition) is 3. The fourth-order valence-electron chi connectivity index (χ4n) is 1.84. The number of aryl methyl sites for hydroxylation is 1. The van der Waals surface area contributed by atoms with Crippen molar-refractivity contribution < 1.29 is 9.29 Å². The minimum Gasteiger partial charge on any atom is -0.611 e. The van der Waals surface area contributed by atoms with Gasteiger partial charge in [-0.15, -0.1) is 0 Å². The SMILES string of the molecule is Cc1ccc([S+]([O-])CCN2CCOCC2)cc1. The van der Waals surface area contributed by atoms with Gasteiger partial charge < -0.3 is 9.29 Å².